The fraction of sp³-hybridized carbons (Fsp3) is 0.316. The Balaban J connectivity index is 1.79. The zero-order valence-corrected chi connectivity index (χ0v) is 14.5. The average molecular weight is 359 g/mol. The van der Waals surface area contributed by atoms with Crippen LogP contribution >= 0.6 is 11.6 Å². The summed E-state index contributed by atoms with van der Waals surface area (Å²) in [4.78, 5) is 22.9. The quantitative estimate of drug-likeness (QED) is 0.632. The molecule has 1 aliphatic carbocycles. The van der Waals surface area contributed by atoms with Crippen molar-refractivity contribution >= 4 is 23.2 Å². The lowest BCUT2D eigenvalue weighted by Gasteiger charge is -2.30. The van der Waals surface area contributed by atoms with Gasteiger partial charge in [-0.3, -0.25) is 14.9 Å². The van der Waals surface area contributed by atoms with Crippen LogP contribution in [0.25, 0.3) is 0 Å². The van der Waals surface area contributed by atoms with Crippen LogP contribution in [-0.4, -0.2) is 17.4 Å². The molecule has 130 valence electrons. The van der Waals surface area contributed by atoms with Crippen molar-refractivity contribution in [2.24, 2.45) is 0 Å². The van der Waals surface area contributed by atoms with Crippen LogP contribution < -0.4 is 5.32 Å². The van der Waals surface area contributed by atoms with Crippen LogP contribution in [0.5, 0.6) is 0 Å². The van der Waals surface area contributed by atoms with E-state index in [1.165, 1.54) is 23.8 Å². The monoisotopic (exact) mass is 358 g/mol. The number of amides is 1. The van der Waals surface area contributed by atoms with Crippen molar-refractivity contribution in [2.75, 3.05) is 6.54 Å². The predicted octanol–water partition coefficient (Wildman–Crippen LogP) is 4.49. The summed E-state index contributed by atoms with van der Waals surface area (Å²) in [6.45, 7) is 0.495. The topological polar surface area (TPSA) is 72.2 Å². The van der Waals surface area contributed by atoms with Gasteiger partial charge < -0.3 is 5.32 Å². The van der Waals surface area contributed by atoms with Gasteiger partial charge in [0.1, 0.15) is 0 Å². The van der Waals surface area contributed by atoms with Crippen LogP contribution in [0.3, 0.4) is 0 Å². The lowest BCUT2D eigenvalue weighted by Crippen LogP contribution is -2.39. The Hall–Kier alpha value is -2.40. The second kappa shape index (κ2) is 7.23. The maximum Gasteiger partial charge on any atom is 0.270 e. The molecule has 1 fully saturated rings. The van der Waals surface area contributed by atoms with Crippen LogP contribution in [0.2, 0.25) is 5.02 Å². The number of halogens is 1. The molecule has 0 aliphatic heterocycles. The van der Waals surface area contributed by atoms with Crippen molar-refractivity contribution in [3.63, 3.8) is 0 Å². The summed E-state index contributed by atoms with van der Waals surface area (Å²) in [6, 6.07) is 14.1. The Kier molecular flexibility index (Phi) is 5.04. The average Bonchev–Trinajstić information content (AvgIpc) is 3.11. The van der Waals surface area contributed by atoms with Crippen molar-refractivity contribution in [3.05, 3.63) is 74.8 Å². The van der Waals surface area contributed by atoms with Crippen molar-refractivity contribution in [1.29, 1.82) is 0 Å². The van der Waals surface area contributed by atoms with Gasteiger partial charge in [-0.15, -0.1) is 0 Å². The highest BCUT2D eigenvalue weighted by atomic mass is 35.5. The first-order valence-corrected chi connectivity index (χ1v) is 8.67. The van der Waals surface area contributed by atoms with Crippen molar-refractivity contribution in [1.82, 2.24) is 5.32 Å². The molecule has 0 spiro atoms. The molecule has 0 heterocycles. The third-order valence-electron chi connectivity index (χ3n) is 4.94. The SMILES string of the molecule is O=C(NCC1(c2ccccc2)CCCC1)c1cc([N+](=O)[O-])ccc1Cl. The van der Waals surface area contributed by atoms with Crippen LogP contribution in [0.4, 0.5) is 5.69 Å². The van der Waals surface area contributed by atoms with E-state index in [4.69, 9.17) is 11.6 Å². The van der Waals surface area contributed by atoms with Gasteiger partial charge in [-0.05, 0) is 24.5 Å². The van der Waals surface area contributed by atoms with E-state index < -0.39 is 4.92 Å². The molecule has 0 bridgehead atoms. The van der Waals surface area contributed by atoms with E-state index in [1.807, 2.05) is 18.2 Å². The highest BCUT2D eigenvalue weighted by Crippen LogP contribution is 2.40. The number of hydrogen-bond acceptors (Lipinski definition) is 3. The van der Waals surface area contributed by atoms with E-state index in [1.54, 1.807) is 0 Å². The molecule has 1 N–H and O–H groups in total. The maximum absolute atomic E-state index is 12.6. The Morgan fingerprint density at radius 2 is 1.84 bits per heavy atom. The summed E-state index contributed by atoms with van der Waals surface area (Å²) in [6.07, 6.45) is 4.28. The summed E-state index contributed by atoms with van der Waals surface area (Å²) in [5.41, 5.74) is 1.13. The van der Waals surface area contributed by atoms with Crippen molar-refractivity contribution < 1.29 is 9.72 Å². The van der Waals surface area contributed by atoms with Crippen molar-refractivity contribution in [3.8, 4) is 0 Å². The Morgan fingerprint density at radius 1 is 1.16 bits per heavy atom. The number of hydrogen-bond donors (Lipinski definition) is 1. The smallest absolute Gasteiger partial charge is 0.270 e. The molecule has 2 aromatic rings. The third kappa shape index (κ3) is 3.66. The molecule has 2 aromatic carbocycles. The minimum atomic E-state index is -0.532. The van der Waals surface area contributed by atoms with Crippen molar-refractivity contribution in [2.45, 2.75) is 31.1 Å². The van der Waals surface area contributed by atoms with Gasteiger partial charge in [0.25, 0.3) is 11.6 Å². The summed E-state index contributed by atoms with van der Waals surface area (Å²) >= 11 is 6.06. The number of rotatable bonds is 5. The third-order valence-corrected chi connectivity index (χ3v) is 5.27. The van der Waals surface area contributed by atoms with E-state index in [0.717, 1.165) is 25.7 Å². The number of nitrogens with zero attached hydrogens (tertiary/aromatic N) is 1. The van der Waals surface area contributed by atoms with Gasteiger partial charge in [-0.25, -0.2) is 0 Å². The second-order valence-electron chi connectivity index (χ2n) is 6.46. The molecule has 3 rings (SSSR count). The molecule has 5 nitrogen and oxygen atoms in total. The summed E-state index contributed by atoms with van der Waals surface area (Å²) < 4.78 is 0. The van der Waals surface area contributed by atoms with Gasteiger partial charge in [0.05, 0.1) is 15.5 Å². The summed E-state index contributed by atoms with van der Waals surface area (Å²) in [5, 5.41) is 14.1. The van der Waals surface area contributed by atoms with Crippen LogP contribution in [0.15, 0.2) is 48.5 Å². The fourth-order valence-electron chi connectivity index (χ4n) is 3.56. The molecule has 0 atom stereocenters. The molecule has 1 saturated carbocycles. The predicted molar refractivity (Wildman–Crippen MR) is 97.0 cm³/mol. The first-order chi connectivity index (χ1) is 12.0. The first kappa shape index (κ1) is 17.4. The Labute approximate surface area is 151 Å². The fourth-order valence-corrected chi connectivity index (χ4v) is 3.76. The molecule has 0 saturated heterocycles. The normalized spacial score (nSPS) is 15.7. The standard InChI is InChI=1S/C19H19ClN2O3/c20-17-9-8-15(22(24)25)12-16(17)18(23)21-13-19(10-4-5-11-19)14-6-2-1-3-7-14/h1-3,6-9,12H,4-5,10-11,13H2,(H,21,23). The van der Waals surface area contributed by atoms with E-state index in [9.17, 15) is 14.9 Å². The molecule has 6 heteroatoms. The van der Waals surface area contributed by atoms with Crippen LogP contribution in [0, 0.1) is 10.1 Å². The number of nitro groups is 1. The maximum atomic E-state index is 12.6. The summed E-state index contributed by atoms with van der Waals surface area (Å²) in [5.74, 6) is -0.379. The minimum absolute atomic E-state index is 0.0793. The zero-order chi connectivity index (χ0) is 17.9. The van der Waals surface area contributed by atoms with Gasteiger partial charge >= 0.3 is 0 Å². The van der Waals surface area contributed by atoms with E-state index in [0.29, 0.717) is 6.54 Å². The van der Waals surface area contributed by atoms with Gasteiger partial charge in [-0.2, -0.15) is 0 Å². The first-order valence-electron chi connectivity index (χ1n) is 8.29. The van der Waals surface area contributed by atoms with E-state index in [-0.39, 0.29) is 27.6 Å². The highest BCUT2D eigenvalue weighted by molar-refractivity contribution is 6.33. The number of non-ortho nitro benzene ring substituents is 1. The second-order valence-corrected chi connectivity index (χ2v) is 6.86. The molecule has 1 amide bonds. The number of nitrogens with one attached hydrogen (secondary N) is 1. The van der Waals surface area contributed by atoms with Gasteiger partial charge in [0.15, 0.2) is 0 Å². The molecule has 0 radical (unpaired) electrons. The van der Waals surface area contributed by atoms with Crippen LogP contribution in [-0.2, 0) is 5.41 Å². The van der Waals surface area contributed by atoms with Gasteiger partial charge in [0, 0.05) is 24.1 Å². The molecule has 1 aliphatic rings. The number of carbonyl (C=O) groups excluding carboxylic acids is 1. The number of nitro benzene ring substituents is 1. The molecular formula is C19H19ClN2O3. The lowest BCUT2D eigenvalue weighted by atomic mass is 9.79. The highest BCUT2D eigenvalue weighted by Gasteiger charge is 2.36. The van der Waals surface area contributed by atoms with Crippen LogP contribution in [0.1, 0.15) is 41.6 Å². The Bertz CT molecular complexity index is 787. The summed E-state index contributed by atoms with van der Waals surface area (Å²) in [7, 11) is 0. The van der Waals surface area contributed by atoms with Gasteiger partial charge in [-0.1, -0.05) is 54.8 Å². The van der Waals surface area contributed by atoms with Gasteiger partial charge in [0.2, 0.25) is 0 Å². The Morgan fingerprint density at radius 3 is 2.48 bits per heavy atom. The van der Waals surface area contributed by atoms with E-state index >= 15 is 0 Å². The largest absolute Gasteiger partial charge is 0.351 e. The number of carbonyl (C=O) groups is 1. The molecular weight excluding hydrogens is 340 g/mol. The molecule has 25 heavy (non-hydrogen) atoms. The number of benzene rings is 2. The molecule has 0 unspecified atom stereocenters. The molecule has 0 aromatic heterocycles. The zero-order valence-electron chi connectivity index (χ0n) is 13.7. The van der Waals surface area contributed by atoms with E-state index in [2.05, 4.69) is 17.4 Å². The minimum Gasteiger partial charge on any atom is -0.351 e. The lowest BCUT2D eigenvalue weighted by molar-refractivity contribution is -0.384.